The lowest BCUT2D eigenvalue weighted by Crippen LogP contribution is -2.06. The Labute approximate surface area is 157 Å². The number of hydrogen-bond donors (Lipinski definition) is 0. The number of nitriles is 1. The number of carbonyl (C=O) groups excluding carboxylic acids is 2. The SMILES string of the molecule is N#CCC(=O)c1cccc([C@@H]2C[C@H]2C(=O)Cc2ccc3cnccc3c2)c1. The summed E-state index contributed by atoms with van der Waals surface area (Å²) >= 11 is 0. The van der Waals surface area contributed by atoms with E-state index < -0.39 is 0 Å². The Morgan fingerprint density at radius 3 is 2.85 bits per heavy atom. The molecule has 1 aromatic heterocycles. The van der Waals surface area contributed by atoms with Crippen molar-refractivity contribution in [2.75, 3.05) is 0 Å². The average Bonchev–Trinajstić information content (AvgIpc) is 3.49. The lowest BCUT2D eigenvalue weighted by Gasteiger charge is -2.05. The van der Waals surface area contributed by atoms with Gasteiger partial charge >= 0.3 is 0 Å². The molecule has 1 heterocycles. The smallest absolute Gasteiger partial charge is 0.176 e. The van der Waals surface area contributed by atoms with Gasteiger partial charge in [-0.25, -0.2) is 0 Å². The Morgan fingerprint density at radius 2 is 2.00 bits per heavy atom. The minimum absolute atomic E-state index is 0.0134. The first-order valence-corrected chi connectivity index (χ1v) is 9.01. The van der Waals surface area contributed by atoms with Crippen LogP contribution < -0.4 is 0 Å². The topological polar surface area (TPSA) is 70.8 Å². The number of aromatic nitrogens is 1. The van der Waals surface area contributed by atoms with Gasteiger partial charge < -0.3 is 0 Å². The maximum Gasteiger partial charge on any atom is 0.176 e. The van der Waals surface area contributed by atoms with E-state index in [9.17, 15) is 9.59 Å². The molecule has 0 N–H and O–H groups in total. The summed E-state index contributed by atoms with van der Waals surface area (Å²) in [6.07, 6.45) is 4.70. The molecule has 0 aliphatic heterocycles. The van der Waals surface area contributed by atoms with Crippen molar-refractivity contribution < 1.29 is 9.59 Å². The van der Waals surface area contributed by atoms with Gasteiger partial charge in [0.25, 0.3) is 0 Å². The van der Waals surface area contributed by atoms with Crippen LogP contribution in [0, 0.1) is 17.2 Å². The van der Waals surface area contributed by atoms with Crippen LogP contribution >= 0.6 is 0 Å². The van der Waals surface area contributed by atoms with Gasteiger partial charge in [0.15, 0.2) is 5.78 Å². The molecule has 4 rings (SSSR count). The van der Waals surface area contributed by atoms with Crippen LogP contribution in [0.15, 0.2) is 60.9 Å². The molecule has 4 nitrogen and oxygen atoms in total. The van der Waals surface area contributed by atoms with E-state index in [1.807, 2.05) is 54.7 Å². The highest BCUT2D eigenvalue weighted by atomic mass is 16.1. The predicted molar refractivity (Wildman–Crippen MR) is 102 cm³/mol. The molecule has 0 amide bonds. The highest BCUT2D eigenvalue weighted by Gasteiger charge is 2.43. The molecule has 2 atom stereocenters. The van der Waals surface area contributed by atoms with Crippen LogP contribution in [0.4, 0.5) is 0 Å². The Hall–Kier alpha value is -3.32. The van der Waals surface area contributed by atoms with Gasteiger partial charge in [0.05, 0.1) is 12.5 Å². The van der Waals surface area contributed by atoms with Crippen molar-refractivity contribution >= 4 is 22.3 Å². The van der Waals surface area contributed by atoms with E-state index >= 15 is 0 Å². The molecule has 132 valence electrons. The summed E-state index contributed by atoms with van der Waals surface area (Å²) in [7, 11) is 0. The van der Waals surface area contributed by atoms with Crippen molar-refractivity contribution in [1.29, 1.82) is 5.26 Å². The van der Waals surface area contributed by atoms with Crippen LogP contribution in [0.1, 0.15) is 40.2 Å². The molecule has 0 radical (unpaired) electrons. The van der Waals surface area contributed by atoms with Crippen LogP contribution in [0.3, 0.4) is 0 Å². The van der Waals surface area contributed by atoms with Gasteiger partial charge in [-0.3, -0.25) is 14.6 Å². The molecule has 1 saturated carbocycles. The van der Waals surface area contributed by atoms with Crippen LogP contribution in [-0.2, 0) is 11.2 Å². The monoisotopic (exact) mass is 354 g/mol. The van der Waals surface area contributed by atoms with E-state index in [4.69, 9.17) is 5.26 Å². The zero-order chi connectivity index (χ0) is 18.8. The van der Waals surface area contributed by atoms with Crippen molar-refractivity contribution in [3.63, 3.8) is 0 Å². The first-order chi connectivity index (χ1) is 13.2. The molecule has 1 fully saturated rings. The van der Waals surface area contributed by atoms with Crippen LogP contribution in [0.25, 0.3) is 10.8 Å². The molecule has 0 saturated heterocycles. The van der Waals surface area contributed by atoms with Crippen molar-refractivity contribution in [2.24, 2.45) is 5.92 Å². The molecule has 27 heavy (non-hydrogen) atoms. The third-order valence-corrected chi connectivity index (χ3v) is 5.16. The lowest BCUT2D eigenvalue weighted by atomic mass is 9.99. The number of fused-ring (bicyclic) bond motifs is 1. The fourth-order valence-corrected chi connectivity index (χ4v) is 3.61. The van der Waals surface area contributed by atoms with E-state index in [-0.39, 0.29) is 29.8 Å². The quantitative estimate of drug-likeness (QED) is 0.621. The normalized spacial score (nSPS) is 18.0. The van der Waals surface area contributed by atoms with Crippen molar-refractivity contribution in [2.45, 2.75) is 25.2 Å². The van der Waals surface area contributed by atoms with Crippen LogP contribution in [0.5, 0.6) is 0 Å². The maximum atomic E-state index is 12.7. The van der Waals surface area contributed by atoms with E-state index in [0.717, 1.165) is 28.3 Å². The number of hydrogen-bond acceptors (Lipinski definition) is 4. The largest absolute Gasteiger partial charge is 0.299 e. The standard InChI is InChI=1S/C23H18N2O2/c24-8-6-22(26)18-3-1-2-17(12-18)20-13-21(20)23(27)11-15-4-5-19-14-25-9-7-16(19)10-15/h1-5,7,9-10,12,14,20-21H,6,11,13H2/t20-,21+/m0/s1. The first-order valence-electron chi connectivity index (χ1n) is 9.01. The van der Waals surface area contributed by atoms with Gasteiger partial charge in [0.1, 0.15) is 5.78 Å². The van der Waals surface area contributed by atoms with Gasteiger partial charge in [-0.1, -0.05) is 36.4 Å². The zero-order valence-electron chi connectivity index (χ0n) is 14.8. The van der Waals surface area contributed by atoms with Crippen molar-refractivity contribution in [3.8, 4) is 6.07 Å². The Kier molecular flexibility index (Phi) is 4.52. The van der Waals surface area contributed by atoms with Crippen molar-refractivity contribution in [3.05, 3.63) is 77.6 Å². The molecule has 2 aromatic carbocycles. The molecule has 1 aliphatic rings. The van der Waals surface area contributed by atoms with E-state index in [2.05, 4.69) is 4.98 Å². The van der Waals surface area contributed by atoms with E-state index in [1.165, 1.54) is 0 Å². The summed E-state index contributed by atoms with van der Waals surface area (Å²) in [6, 6.07) is 17.2. The van der Waals surface area contributed by atoms with Crippen LogP contribution in [0.2, 0.25) is 0 Å². The molecule has 1 aliphatic carbocycles. The number of carbonyl (C=O) groups is 2. The maximum absolute atomic E-state index is 12.7. The molecular weight excluding hydrogens is 336 g/mol. The summed E-state index contributed by atoms with van der Waals surface area (Å²) < 4.78 is 0. The van der Waals surface area contributed by atoms with Gasteiger partial charge in [0, 0.05) is 35.7 Å². The highest BCUT2D eigenvalue weighted by Crippen LogP contribution is 2.48. The third kappa shape index (κ3) is 3.63. The predicted octanol–water partition coefficient (Wildman–Crippen LogP) is 4.25. The molecular formula is C23H18N2O2. The summed E-state index contributed by atoms with van der Waals surface area (Å²) in [5.41, 5.74) is 2.58. The second-order valence-electron chi connectivity index (χ2n) is 7.03. The zero-order valence-corrected chi connectivity index (χ0v) is 14.8. The number of benzene rings is 2. The van der Waals surface area contributed by atoms with E-state index in [0.29, 0.717) is 12.0 Å². The summed E-state index contributed by atoms with van der Waals surface area (Å²) in [5.74, 6) is 0.257. The fraction of sp³-hybridized carbons (Fsp3) is 0.217. The number of ketones is 2. The van der Waals surface area contributed by atoms with Gasteiger partial charge in [-0.15, -0.1) is 0 Å². The summed E-state index contributed by atoms with van der Waals surface area (Å²) in [4.78, 5) is 28.7. The second-order valence-corrected chi connectivity index (χ2v) is 7.03. The molecule has 4 heteroatoms. The molecule has 0 spiro atoms. The average molecular weight is 354 g/mol. The van der Waals surface area contributed by atoms with Crippen molar-refractivity contribution in [1.82, 2.24) is 4.98 Å². The highest BCUT2D eigenvalue weighted by molar-refractivity contribution is 5.97. The minimum Gasteiger partial charge on any atom is -0.299 e. The Bertz CT molecular complexity index is 1080. The molecule has 0 unspecified atom stereocenters. The first kappa shape index (κ1) is 17.1. The number of nitrogens with zero attached hydrogens (tertiary/aromatic N) is 2. The Morgan fingerprint density at radius 1 is 1.11 bits per heavy atom. The van der Waals surface area contributed by atoms with Crippen LogP contribution in [-0.4, -0.2) is 16.6 Å². The molecule has 0 bridgehead atoms. The van der Waals surface area contributed by atoms with Gasteiger partial charge in [-0.2, -0.15) is 5.26 Å². The summed E-state index contributed by atoms with van der Waals surface area (Å²) in [6.45, 7) is 0. The lowest BCUT2D eigenvalue weighted by molar-refractivity contribution is -0.119. The molecule has 3 aromatic rings. The second kappa shape index (κ2) is 7.13. The number of rotatable bonds is 6. The summed E-state index contributed by atoms with van der Waals surface area (Å²) in [5, 5.41) is 10.8. The number of pyridine rings is 1. The van der Waals surface area contributed by atoms with Gasteiger partial charge in [-0.05, 0) is 41.0 Å². The fourth-order valence-electron chi connectivity index (χ4n) is 3.61. The minimum atomic E-state index is -0.173. The third-order valence-electron chi connectivity index (χ3n) is 5.16. The van der Waals surface area contributed by atoms with E-state index in [1.54, 1.807) is 12.3 Å². The number of Topliss-reactive ketones (excluding diaryl/α,β-unsaturated/α-hetero) is 2. The van der Waals surface area contributed by atoms with Gasteiger partial charge in [0.2, 0.25) is 0 Å². The Balaban J connectivity index is 1.45.